The molecule has 0 spiro atoms. The van der Waals surface area contributed by atoms with E-state index in [-0.39, 0.29) is 30.1 Å². The number of thiophene rings is 1. The highest BCUT2D eigenvalue weighted by Crippen LogP contribution is 2.21. The molecule has 1 N–H and O–H groups in total. The number of hydrogen-bond donors (Lipinski definition) is 2. The Labute approximate surface area is 163 Å². The summed E-state index contributed by atoms with van der Waals surface area (Å²) in [5.41, 5.74) is 0. The van der Waals surface area contributed by atoms with E-state index in [0.29, 0.717) is 18.0 Å². The van der Waals surface area contributed by atoms with Crippen molar-refractivity contribution in [1.82, 2.24) is 14.5 Å². The van der Waals surface area contributed by atoms with Crippen LogP contribution in [0.3, 0.4) is 0 Å². The molecule has 3 rings (SSSR count). The highest BCUT2D eigenvalue weighted by molar-refractivity contribution is 7.89. The summed E-state index contributed by atoms with van der Waals surface area (Å²) in [5.74, 6) is 0. The molecule has 1 aliphatic rings. The molecular weight excluding hydrogens is 390 g/mol. The summed E-state index contributed by atoms with van der Waals surface area (Å²) in [4.78, 5) is 16.0. The highest BCUT2D eigenvalue weighted by Gasteiger charge is 2.30. The van der Waals surface area contributed by atoms with E-state index in [1.165, 1.54) is 4.31 Å². The molecule has 0 bridgehead atoms. The van der Waals surface area contributed by atoms with Crippen LogP contribution in [0.1, 0.15) is 17.8 Å². The number of carbonyl (C=O) groups is 1. The van der Waals surface area contributed by atoms with Crippen molar-refractivity contribution in [3.05, 3.63) is 46.7 Å². The first-order valence-electron chi connectivity index (χ1n) is 8.26. The van der Waals surface area contributed by atoms with Crippen molar-refractivity contribution in [3.63, 3.8) is 0 Å². The van der Waals surface area contributed by atoms with Gasteiger partial charge in [0.05, 0.1) is 10.9 Å². The third kappa shape index (κ3) is 4.22. The van der Waals surface area contributed by atoms with E-state index in [4.69, 9.17) is 0 Å². The van der Waals surface area contributed by atoms with Gasteiger partial charge in [-0.15, -0.1) is 24.0 Å². The molecule has 9 heteroatoms. The van der Waals surface area contributed by atoms with Gasteiger partial charge in [-0.25, -0.2) is 13.2 Å². The standard InChI is InChI=1S/C17H21N3O3S3/c1-13(16-6-3-11-25-16)18-17(21)19-7-9-20(10-8-19)26(22,23)15-5-2-4-14(24)12-15/h2-6,11-13,24H,7-10H2,1H3,(H,18,21). The van der Waals surface area contributed by atoms with Crippen LogP contribution in [0.15, 0.2) is 51.6 Å². The molecule has 0 aliphatic carbocycles. The molecule has 26 heavy (non-hydrogen) atoms. The van der Waals surface area contributed by atoms with Gasteiger partial charge in [0.2, 0.25) is 10.0 Å². The van der Waals surface area contributed by atoms with Crippen LogP contribution in [0, 0.1) is 0 Å². The van der Waals surface area contributed by atoms with Crippen LogP contribution in [0.5, 0.6) is 0 Å². The summed E-state index contributed by atoms with van der Waals surface area (Å²) in [6.07, 6.45) is 0. The molecule has 1 aromatic heterocycles. The van der Waals surface area contributed by atoms with Gasteiger partial charge in [0.25, 0.3) is 0 Å². The number of sulfonamides is 1. The molecule has 1 saturated heterocycles. The Morgan fingerprint density at radius 3 is 2.54 bits per heavy atom. The number of benzene rings is 1. The number of rotatable bonds is 4. The molecule has 1 fully saturated rings. The predicted octanol–water partition coefficient (Wildman–Crippen LogP) is 2.81. The van der Waals surface area contributed by atoms with Crippen molar-refractivity contribution in [2.45, 2.75) is 22.8 Å². The summed E-state index contributed by atoms with van der Waals surface area (Å²) in [5, 5.41) is 4.94. The van der Waals surface area contributed by atoms with Crippen LogP contribution in [0.2, 0.25) is 0 Å². The number of urea groups is 1. The molecule has 1 aliphatic heterocycles. The fraction of sp³-hybridized carbons (Fsp3) is 0.353. The second-order valence-electron chi connectivity index (χ2n) is 6.08. The van der Waals surface area contributed by atoms with Gasteiger partial charge in [0.15, 0.2) is 0 Å². The maximum atomic E-state index is 12.7. The van der Waals surface area contributed by atoms with E-state index in [9.17, 15) is 13.2 Å². The number of nitrogens with zero attached hydrogens (tertiary/aromatic N) is 2. The minimum Gasteiger partial charge on any atom is -0.331 e. The van der Waals surface area contributed by atoms with E-state index in [0.717, 1.165) is 4.88 Å². The van der Waals surface area contributed by atoms with E-state index in [1.807, 2.05) is 24.4 Å². The number of piperazine rings is 1. The normalized spacial score (nSPS) is 17.1. The van der Waals surface area contributed by atoms with Crippen molar-refractivity contribution >= 4 is 40.0 Å². The maximum absolute atomic E-state index is 12.7. The van der Waals surface area contributed by atoms with Gasteiger partial charge in [-0.3, -0.25) is 0 Å². The van der Waals surface area contributed by atoms with Crippen LogP contribution in [0.25, 0.3) is 0 Å². The molecule has 2 heterocycles. The number of nitrogens with one attached hydrogen (secondary N) is 1. The van der Waals surface area contributed by atoms with Crippen molar-refractivity contribution in [2.75, 3.05) is 26.2 Å². The maximum Gasteiger partial charge on any atom is 0.317 e. The zero-order valence-electron chi connectivity index (χ0n) is 14.3. The lowest BCUT2D eigenvalue weighted by Crippen LogP contribution is -2.53. The summed E-state index contributed by atoms with van der Waals surface area (Å²) in [6, 6.07) is 10.2. The summed E-state index contributed by atoms with van der Waals surface area (Å²) < 4.78 is 26.9. The highest BCUT2D eigenvalue weighted by atomic mass is 32.2. The molecule has 1 unspecified atom stereocenters. The van der Waals surface area contributed by atoms with Gasteiger partial charge in [0, 0.05) is 36.0 Å². The van der Waals surface area contributed by atoms with Gasteiger partial charge in [-0.2, -0.15) is 4.31 Å². The quantitative estimate of drug-likeness (QED) is 0.760. The predicted molar refractivity (Wildman–Crippen MR) is 105 cm³/mol. The zero-order valence-corrected chi connectivity index (χ0v) is 16.9. The Hall–Kier alpha value is -1.55. The smallest absolute Gasteiger partial charge is 0.317 e. The molecule has 0 radical (unpaired) electrons. The van der Waals surface area contributed by atoms with Crippen LogP contribution in [-0.2, 0) is 10.0 Å². The largest absolute Gasteiger partial charge is 0.331 e. The Morgan fingerprint density at radius 1 is 1.19 bits per heavy atom. The monoisotopic (exact) mass is 411 g/mol. The van der Waals surface area contributed by atoms with E-state index >= 15 is 0 Å². The second kappa shape index (κ2) is 7.99. The van der Waals surface area contributed by atoms with Gasteiger partial charge in [-0.05, 0) is 36.6 Å². The fourth-order valence-corrected chi connectivity index (χ4v) is 5.33. The number of amides is 2. The molecule has 1 atom stereocenters. The lowest BCUT2D eigenvalue weighted by Gasteiger charge is -2.34. The molecule has 140 valence electrons. The lowest BCUT2D eigenvalue weighted by atomic mass is 10.3. The number of carbonyl (C=O) groups excluding carboxylic acids is 1. The number of thiol groups is 1. The Kier molecular flexibility index (Phi) is 5.91. The molecule has 2 aromatic rings. The van der Waals surface area contributed by atoms with Crippen LogP contribution < -0.4 is 5.32 Å². The third-order valence-corrected chi connectivity index (χ3v) is 7.52. The topological polar surface area (TPSA) is 69.7 Å². The van der Waals surface area contributed by atoms with E-state index in [2.05, 4.69) is 17.9 Å². The summed E-state index contributed by atoms with van der Waals surface area (Å²) in [7, 11) is -3.56. The van der Waals surface area contributed by atoms with E-state index in [1.54, 1.807) is 40.5 Å². The SMILES string of the molecule is CC(NC(=O)N1CCN(S(=O)(=O)c2cccc(S)c2)CC1)c1cccs1. The molecule has 6 nitrogen and oxygen atoms in total. The van der Waals surface area contributed by atoms with Crippen LogP contribution in [-0.4, -0.2) is 49.8 Å². The average molecular weight is 412 g/mol. The minimum absolute atomic E-state index is 0.0672. The molecule has 2 amide bonds. The fourth-order valence-electron chi connectivity index (χ4n) is 2.81. The van der Waals surface area contributed by atoms with Gasteiger partial charge < -0.3 is 10.2 Å². The molecule has 0 saturated carbocycles. The molecule has 1 aromatic carbocycles. The first-order valence-corrected chi connectivity index (χ1v) is 11.0. The second-order valence-corrected chi connectivity index (χ2v) is 9.51. The van der Waals surface area contributed by atoms with Crippen molar-refractivity contribution in [2.24, 2.45) is 0 Å². The average Bonchev–Trinajstić information content (AvgIpc) is 3.16. The minimum atomic E-state index is -3.56. The van der Waals surface area contributed by atoms with Crippen LogP contribution in [0.4, 0.5) is 4.79 Å². The van der Waals surface area contributed by atoms with Gasteiger partial charge in [-0.1, -0.05) is 12.1 Å². The first kappa shape index (κ1) is 19.2. The van der Waals surface area contributed by atoms with Gasteiger partial charge in [0.1, 0.15) is 0 Å². The Balaban J connectivity index is 1.59. The molecular formula is C17H21N3O3S3. The van der Waals surface area contributed by atoms with Crippen molar-refractivity contribution < 1.29 is 13.2 Å². The zero-order chi connectivity index (χ0) is 18.7. The van der Waals surface area contributed by atoms with E-state index < -0.39 is 10.0 Å². The van der Waals surface area contributed by atoms with Crippen molar-refractivity contribution in [1.29, 1.82) is 0 Å². The third-order valence-electron chi connectivity index (χ3n) is 4.29. The summed E-state index contributed by atoms with van der Waals surface area (Å²) >= 11 is 5.80. The Bertz CT molecular complexity index is 860. The number of hydrogen-bond acceptors (Lipinski definition) is 5. The Morgan fingerprint density at radius 2 is 1.92 bits per heavy atom. The van der Waals surface area contributed by atoms with Crippen molar-refractivity contribution in [3.8, 4) is 0 Å². The van der Waals surface area contributed by atoms with Crippen LogP contribution >= 0.6 is 24.0 Å². The lowest BCUT2D eigenvalue weighted by molar-refractivity contribution is 0.169. The first-order chi connectivity index (χ1) is 12.4. The summed E-state index contributed by atoms with van der Waals surface area (Å²) in [6.45, 7) is 3.22. The van der Waals surface area contributed by atoms with Gasteiger partial charge >= 0.3 is 6.03 Å².